The van der Waals surface area contributed by atoms with Crippen LogP contribution in [0.25, 0.3) is 0 Å². The number of rotatable bonds is 4. The Balaban J connectivity index is 1.93. The molecule has 0 amide bonds. The second-order valence-electron chi connectivity index (χ2n) is 5.48. The lowest BCUT2D eigenvalue weighted by molar-refractivity contribution is 0.0454. The first-order valence-corrected chi connectivity index (χ1v) is 6.74. The highest BCUT2D eigenvalue weighted by Crippen LogP contribution is 2.21. The summed E-state index contributed by atoms with van der Waals surface area (Å²) in [5.41, 5.74) is 1.36. The number of piperidine rings is 1. The van der Waals surface area contributed by atoms with Crippen molar-refractivity contribution in [2.75, 3.05) is 33.8 Å². The van der Waals surface area contributed by atoms with Crippen LogP contribution in [0.1, 0.15) is 12.0 Å². The molecular weight excluding hydrogens is 224 g/mol. The summed E-state index contributed by atoms with van der Waals surface area (Å²) in [4.78, 5) is 4.71. The predicted octanol–water partition coefficient (Wildman–Crippen LogP) is 1.43. The van der Waals surface area contributed by atoms with Crippen molar-refractivity contribution in [2.45, 2.75) is 19.0 Å². The zero-order valence-corrected chi connectivity index (χ0v) is 11.4. The summed E-state index contributed by atoms with van der Waals surface area (Å²) in [6.07, 6.45) is 1.14. The SMILES string of the molecule is CN(C)[C@H]1CCN(Cc2ccccc2)C[C@H]1CO. The summed E-state index contributed by atoms with van der Waals surface area (Å²) in [6.45, 7) is 3.40. The highest BCUT2D eigenvalue weighted by Gasteiger charge is 2.29. The van der Waals surface area contributed by atoms with Crippen molar-refractivity contribution in [1.82, 2.24) is 9.80 Å². The smallest absolute Gasteiger partial charge is 0.0486 e. The van der Waals surface area contributed by atoms with Crippen LogP contribution in [0.3, 0.4) is 0 Å². The van der Waals surface area contributed by atoms with Gasteiger partial charge in [0.05, 0.1) is 0 Å². The van der Waals surface area contributed by atoms with E-state index in [4.69, 9.17) is 0 Å². The highest BCUT2D eigenvalue weighted by atomic mass is 16.3. The van der Waals surface area contributed by atoms with Crippen LogP contribution in [0.15, 0.2) is 30.3 Å². The fraction of sp³-hybridized carbons (Fsp3) is 0.600. The third kappa shape index (κ3) is 3.31. The van der Waals surface area contributed by atoms with E-state index < -0.39 is 0 Å². The average molecular weight is 248 g/mol. The molecule has 18 heavy (non-hydrogen) atoms. The molecule has 2 rings (SSSR count). The Kier molecular flexibility index (Phi) is 4.75. The fourth-order valence-corrected chi connectivity index (χ4v) is 2.94. The van der Waals surface area contributed by atoms with Crippen molar-refractivity contribution in [3.05, 3.63) is 35.9 Å². The first-order valence-electron chi connectivity index (χ1n) is 6.74. The summed E-state index contributed by atoms with van der Waals surface area (Å²) in [7, 11) is 4.22. The number of benzene rings is 1. The molecule has 0 spiro atoms. The van der Waals surface area contributed by atoms with Gasteiger partial charge in [0.1, 0.15) is 0 Å². The minimum atomic E-state index is 0.286. The summed E-state index contributed by atoms with van der Waals surface area (Å²) in [5, 5.41) is 9.54. The summed E-state index contributed by atoms with van der Waals surface area (Å²) < 4.78 is 0. The third-order valence-corrected chi connectivity index (χ3v) is 3.92. The van der Waals surface area contributed by atoms with Crippen molar-refractivity contribution < 1.29 is 5.11 Å². The predicted molar refractivity (Wildman–Crippen MR) is 74.4 cm³/mol. The van der Waals surface area contributed by atoms with Gasteiger partial charge in [0.15, 0.2) is 0 Å². The molecule has 1 fully saturated rings. The number of nitrogens with zero attached hydrogens (tertiary/aromatic N) is 2. The maximum absolute atomic E-state index is 9.54. The number of hydrogen-bond donors (Lipinski definition) is 1. The molecule has 2 atom stereocenters. The molecule has 0 aliphatic carbocycles. The molecule has 1 aliphatic heterocycles. The summed E-state index contributed by atoms with van der Waals surface area (Å²) >= 11 is 0. The lowest BCUT2D eigenvalue weighted by Gasteiger charge is -2.40. The topological polar surface area (TPSA) is 26.7 Å². The van der Waals surface area contributed by atoms with E-state index in [0.717, 1.165) is 26.1 Å². The van der Waals surface area contributed by atoms with E-state index in [2.05, 4.69) is 54.2 Å². The van der Waals surface area contributed by atoms with Gasteiger partial charge in [-0.3, -0.25) is 4.90 Å². The maximum Gasteiger partial charge on any atom is 0.0486 e. The van der Waals surface area contributed by atoms with Crippen molar-refractivity contribution in [1.29, 1.82) is 0 Å². The van der Waals surface area contributed by atoms with Gasteiger partial charge in [-0.25, -0.2) is 0 Å². The molecule has 1 aromatic rings. The number of aliphatic hydroxyl groups excluding tert-OH is 1. The van der Waals surface area contributed by atoms with Crippen LogP contribution in [-0.4, -0.2) is 54.7 Å². The van der Waals surface area contributed by atoms with Gasteiger partial charge in [0, 0.05) is 31.7 Å². The van der Waals surface area contributed by atoms with Gasteiger partial charge in [-0.1, -0.05) is 30.3 Å². The summed E-state index contributed by atoms with van der Waals surface area (Å²) in [5.74, 6) is 0.373. The Morgan fingerprint density at radius 3 is 2.61 bits per heavy atom. The average Bonchev–Trinajstić information content (AvgIpc) is 2.39. The lowest BCUT2D eigenvalue weighted by Crippen LogP contribution is -2.49. The minimum absolute atomic E-state index is 0.286. The molecule has 1 N–H and O–H groups in total. The Morgan fingerprint density at radius 2 is 2.00 bits per heavy atom. The van der Waals surface area contributed by atoms with Gasteiger partial charge < -0.3 is 10.0 Å². The molecular formula is C15H24N2O. The fourth-order valence-electron chi connectivity index (χ4n) is 2.94. The number of hydrogen-bond acceptors (Lipinski definition) is 3. The van der Waals surface area contributed by atoms with Crippen molar-refractivity contribution in [3.63, 3.8) is 0 Å². The molecule has 3 nitrogen and oxygen atoms in total. The van der Waals surface area contributed by atoms with Crippen LogP contribution < -0.4 is 0 Å². The molecule has 0 bridgehead atoms. The first-order chi connectivity index (χ1) is 8.70. The largest absolute Gasteiger partial charge is 0.396 e. The maximum atomic E-state index is 9.54. The van der Waals surface area contributed by atoms with Crippen LogP contribution in [0, 0.1) is 5.92 Å². The zero-order valence-electron chi connectivity index (χ0n) is 11.4. The van der Waals surface area contributed by atoms with Gasteiger partial charge in [-0.15, -0.1) is 0 Å². The van der Waals surface area contributed by atoms with Gasteiger partial charge in [0.2, 0.25) is 0 Å². The van der Waals surface area contributed by atoms with E-state index in [1.165, 1.54) is 5.56 Å². The van der Waals surface area contributed by atoms with E-state index in [0.29, 0.717) is 12.0 Å². The van der Waals surface area contributed by atoms with Crippen LogP contribution in [-0.2, 0) is 6.54 Å². The molecule has 0 radical (unpaired) electrons. The highest BCUT2D eigenvalue weighted by molar-refractivity contribution is 5.14. The first kappa shape index (κ1) is 13.5. The lowest BCUT2D eigenvalue weighted by atomic mass is 9.91. The molecule has 1 saturated heterocycles. The van der Waals surface area contributed by atoms with Crippen molar-refractivity contribution >= 4 is 0 Å². The molecule has 1 aliphatic rings. The van der Waals surface area contributed by atoms with E-state index >= 15 is 0 Å². The van der Waals surface area contributed by atoms with Crippen LogP contribution in [0.4, 0.5) is 0 Å². The van der Waals surface area contributed by atoms with Gasteiger partial charge in [-0.05, 0) is 32.6 Å². The molecule has 3 heteroatoms. The summed E-state index contributed by atoms with van der Waals surface area (Å²) in [6, 6.07) is 11.1. The quantitative estimate of drug-likeness (QED) is 0.873. The molecule has 0 unspecified atom stereocenters. The van der Waals surface area contributed by atoms with Crippen LogP contribution in [0.5, 0.6) is 0 Å². The number of aliphatic hydroxyl groups is 1. The Labute approximate surface area is 110 Å². The van der Waals surface area contributed by atoms with E-state index in [-0.39, 0.29) is 6.61 Å². The van der Waals surface area contributed by atoms with E-state index in [9.17, 15) is 5.11 Å². The molecule has 1 aromatic carbocycles. The monoisotopic (exact) mass is 248 g/mol. The zero-order chi connectivity index (χ0) is 13.0. The molecule has 0 aromatic heterocycles. The Bertz CT molecular complexity index is 353. The standard InChI is InChI=1S/C15H24N2O/c1-16(2)15-8-9-17(11-14(15)12-18)10-13-6-4-3-5-7-13/h3-7,14-15,18H,8-12H2,1-2H3/t14-,15-/m0/s1. The van der Waals surface area contributed by atoms with Crippen molar-refractivity contribution in [2.24, 2.45) is 5.92 Å². The van der Waals surface area contributed by atoms with Gasteiger partial charge >= 0.3 is 0 Å². The van der Waals surface area contributed by atoms with E-state index in [1.807, 2.05) is 0 Å². The van der Waals surface area contributed by atoms with Gasteiger partial charge in [-0.2, -0.15) is 0 Å². The Hall–Kier alpha value is -0.900. The molecule has 100 valence electrons. The van der Waals surface area contributed by atoms with Crippen molar-refractivity contribution in [3.8, 4) is 0 Å². The minimum Gasteiger partial charge on any atom is -0.396 e. The van der Waals surface area contributed by atoms with E-state index in [1.54, 1.807) is 0 Å². The third-order valence-electron chi connectivity index (χ3n) is 3.92. The van der Waals surface area contributed by atoms with Crippen LogP contribution in [0.2, 0.25) is 0 Å². The Morgan fingerprint density at radius 1 is 1.28 bits per heavy atom. The normalized spacial score (nSPS) is 25.6. The second-order valence-corrected chi connectivity index (χ2v) is 5.48. The molecule has 0 saturated carbocycles. The molecule has 1 heterocycles. The number of likely N-dealkylation sites (tertiary alicyclic amines) is 1. The van der Waals surface area contributed by atoms with Crippen LogP contribution >= 0.6 is 0 Å². The second kappa shape index (κ2) is 6.32. The van der Waals surface area contributed by atoms with Gasteiger partial charge in [0.25, 0.3) is 0 Å².